The predicted octanol–water partition coefficient (Wildman–Crippen LogP) is 0.220. The van der Waals surface area contributed by atoms with E-state index in [4.69, 9.17) is 0 Å². The molecule has 0 radical (unpaired) electrons. The van der Waals surface area contributed by atoms with Gasteiger partial charge in [0, 0.05) is 31.1 Å². The molecule has 4 rings (SSSR count). The fourth-order valence-corrected chi connectivity index (χ4v) is 5.10. The number of nitrogens with zero attached hydrogens (tertiary/aromatic N) is 2. The molecule has 0 unspecified atom stereocenters. The van der Waals surface area contributed by atoms with Gasteiger partial charge in [0.1, 0.15) is 6.04 Å². The lowest BCUT2D eigenvalue weighted by atomic mass is 9.86. The molecular formula is C24H33N5O4. The van der Waals surface area contributed by atoms with Crippen LogP contribution in [0.15, 0.2) is 24.3 Å². The molecule has 4 atom stereocenters. The molecule has 33 heavy (non-hydrogen) atoms. The van der Waals surface area contributed by atoms with E-state index in [1.807, 2.05) is 18.2 Å². The number of likely N-dealkylation sites (N-methyl/N-ethyl adjacent to an activating group) is 1. The Bertz CT molecular complexity index is 935. The van der Waals surface area contributed by atoms with Crippen LogP contribution in [0.1, 0.15) is 54.6 Å². The number of piperazine rings is 1. The third-order valence-corrected chi connectivity index (χ3v) is 7.17. The van der Waals surface area contributed by atoms with E-state index in [0.717, 1.165) is 24.9 Å². The summed E-state index contributed by atoms with van der Waals surface area (Å²) in [6.07, 6.45) is 2.99. The van der Waals surface area contributed by atoms with Crippen LogP contribution in [0.3, 0.4) is 0 Å². The second-order valence-corrected chi connectivity index (χ2v) is 9.19. The first-order chi connectivity index (χ1) is 15.9. The van der Waals surface area contributed by atoms with Crippen LogP contribution in [-0.4, -0.2) is 84.7 Å². The van der Waals surface area contributed by atoms with Crippen LogP contribution < -0.4 is 16.0 Å². The van der Waals surface area contributed by atoms with E-state index in [-0.39, 0.29) is 42.1 Å². The molecule has 1 aromatic carbocycles. The second kappa shape index (κ2) is 10.0. The zero-order valence-corrected chi connectivity index (χ0v) is 19.3. The fourth-order valence-electron chi connectivity index (χ4n) is 5.10. The van der Waals surface area contributed by atoms with Crippen molar-refractivity contribution in [3.8, 4) is 0 Å². The number of carbonyl (C=O) groups excluding carboxylic acids is 4. The lowest BCUT2D eigenvalue weighted by Gasteiger charge is -2.43. The Balaban J connectivity index is 1.48. The Morgan fingerprint density at radius 3 is 2.73 bits per heavy atom. The highest BCUT2D eigenvalue weighted by atomic mass is 16.2. The minimum absolute atomic E-state index is 0.0945. The van der Waals surface area contributed by atoms with Gasteiger partial charge >= 0.3 is 0 Å². The zero-order chi connectivity index (χ0) is 23.5. The van der Waals surface area contributed by atoms with Crippen LogP contribution in [0.5, 0.6) is 0 Å². The Hall–Kier alpha value is -2.78. The normalized spacial score (nSPS) is 25.7. The molecular weight excluding hydrogens is 422 g/mol. The smallest absolute Gasteiger partial charge is 0.244 e. The summed E-state index contributed by atoms with van der Waals surface area (Å²) in [4.78, 5) is 54.8. The van der Waals surface area contributed by atoms with Crippen molar-refractivity contribution < 1.29 is 19.2 Å². The molecule has 1 aromatic rings. The van der Waals surface area contributed by atoms with E-state index in [2.05, 4.69) is 20.9 Å². The van der Waals surface area contributed by atoms with E-state index in [0.29, 0.717) is 31.5 Å². The Morgan fingerprint density at radius 1 is 1.15 bits per heavy atom. The highest BCUT2D eigenvalue weighted by Crippen LogP contribution is 2.30. The minimum atomic E-state index is -0.629. The van der Waals surface area contributed by atoms with Crippen molar-refractivity contribution in [2.75, 3.05) is 33.2 Å². The van der Waals surface area contributed by atoms with Crippen LogP contribution in [0.25, 0.3) is 0 Å². The van der Waals surface area contributed by atoms with Crippen LogP contribution in [0.2, 0.25) is 0 Å². The summed E-state index contributed by atoms with van der Waals surface area (Å²) in [5.74, 6) is -0.623. The van der Waals surface area contributed by atoms with E-state index >= 15 is 0 Å². The summed E-state index contributed by atoms with van der Waals surface area (Å²) in [5.41, 5.74) is 1.50. The van der Waals surface area contributed by atoms with Crippen molar-refractivity contribution in [3.05, 3.63) is 35.4 Å². The van der Waals surface area contributed by atoms with Gasteiger partial charge < -0.3 is 20.9 Å². The van der Waals surface area contributed by atoms with E-state index in [9.17, 15) is 19.2 Å². The van der Waals surface area contributed by atoms with Gasteiger partial charge in [0.2, 0.25) is 17.7 Å². The summed E-state index contributed by atoms with van der Waals surface area (Å²) in [7, 11) is 1.68. The largest absolute Gasteiger partial charge is 0.347 e. The molecule has 3 aliphatic rings. The quantitative estimate of drug-likeness (QED) is 0.566. The molecule has 0 spiro atoms. The minimum Gasteiger partial charge on any atom is -0.347 e. The van der Waals surface area contributed by atoms with Gasteiger partial charge in [-0.2, -0.15) is 0 Å². The summed E-state index contributed by atoms with van der Waals surface area (Å²) < 4.78 is 0. The number of fused-ring (bicyclic) bond motifs is 2. The summed E-state index contributed by atoms with van der Waals surface area (Å²) in [6.45, 7) is 3.47. The number of rotatable bonds is 6. The molecule has 0 saturated carbocycles. The number of carbonyl (C=O) groups is 4. The van der Waals surface area contributed by atoms with Crippen molar-refractivity contribution in [3.63, 3.8) is 0 Å². The molecule has 2 aliphatic heterocycles. The van der Waals surface area contributed by atoms with E-state index < -0.39 is 12.1 Å². The van der Waals surface area contributed by atoms with Crippen molar-refractivity contribution in [2.24, 2.45) is 0 Å². The lowest BCUT2D eigenvalue weighted by Crippen LogP contribution is -2.64. The third kappa shape index (κ3) is 4.94. The summed E-state index contributed by atoms with van der Waals surface area (Å²) in [6, 6.07) is 6.35. The van der Waals surface area contributed by atoms with Crippen LogP contribution in [-0.2, 0) is 14.4 Å². The number of Topliss-reactive ketones (excluding diaryl/α,β-unsaturated/α-hetero) is 1. The number of nitrogens with one attached hydrogen (secondary N) is 3. The van der Waals surface area contributed by atoms with E-state index in [1.54, 1.807) is 24.9 Å². The molecule has 3 amide bonds. The monoisotopic (exact) mass is 455 g/mol. The predicted molar refractivity (Wildman–Crippen MR) is 123 cm³/mol. The Morgan fingerprint density at radius 2 is 1.94 bits per heavy atom. The maximum Gasteiger partial charge on any atom is 0.244 e. The maximum absolute atomic E-state index is 13.4. The lowest BCUT2D eigenvalue weighted by molar-refractivity contribution is -0.145. The second-order valence-electron chi connectivity index (χ2n) is 9.19. The highest BCUT2D eigenvalue weighted by molar-refractivity contribution is 5.99. The topological polar surface area (TPSA) is 111 Å². The average molecular weight is 456 g/mol. The first-order valence-electron chi connectivity index (χ1n) is 11.8. The van der Waals surface area contributed by atoms with Crippen molar-refractivity contribution in [1.29, 1.82) is 0 Å². The van der Waals surface area contributed by atoms with E-state index in [1.165, 1.54) is 0 Å². The molecule has 178 valence electrons. The van der Waals surface area contributed by atoms with Crippen LogP contribution in [0, 0.1) is 0 Å². The third-order valence-electron chi connectivity index (χ3n) is 7.17. The SMILES string of the molecule is CN[C@@H](C)C(=O)NCC(=O)N1C[C@H]2CCCN2C[C@H]1C(=O)N[C@@H]1CCC(=O)c2ccccc21. The van der Waals surface area contributed by atoms with Gasteiger partial charge in [-0.25, -0.2) is 0 Å². The number of hydrogen-bond donors (Lipinski definition) is 3. The number of amides is 3. The standard InChI is InChI=1S/C24H33N5O4/c1-15(25-2)23(32)26-12-22(31)29-13-16-6-5-11-28(16)14-20(29)24(33)27-19-9-10-21(30)18-8-4-3-7-17(18)19/h3-4,7-8,15-16,19-20,25H,5-6,9-14H2,1-2H3,(H,26,32)(H,27,33)/t15-,16+,19+,20-/m0/s1. The van der Waals surface area contributed by atoms with Crippen LogP contribution in [0.4, 0.5) is 0 Å². The van der Waals surface area contributed by atoms with Gasteiger partial charge in [-0.05, 0) is 45.3 Å². The van der Waals surface area contributed by atoms with Crippen molar-refractivity contribution in [2.45, 2.75) is 56.8 Å². The molecule has 2 saturated heterocycles. The van der Waals surface area contributed by atoms with Crippen LogP contribution >= 0.6 is 0 Å². The highest BCUT2D eigenvalue weighted by Gasteiger charge is 2.42. The van der Waals surface area contributed by atoms with Crippen molar-refractivity contribution in [1.82, 2.24) is 25.8 Å². The van der Waals surface area contributed by atoms with Gasteiger partial charge in [-0.1, -0.05) is 24.3 Å². The maximum atomic E-state index is 13.4. The molecule has 9 heteroatoms. The molecule has 9 nitrogen and oxygen atoms in total. The zero-order valence-electron chi connectivity index (χ0n) is 19.3. The molecule has 0 aromatic heterocycles. The van der Waals surface area contributed by atoms with Gasteiger partial charge in [-0.3, -0.25) is 24.1 Å². The Labute approximate surface area is 194 Å². The molecule has 2 fully saturated rings. The summed E-state index contributed by atoms with van der Waals surface area (Å²) in [5, 5.41) is 8.64. The Kier molecular flexibility index (Phi) is 7.09. The van der Waals surface area contributed by atoms with Gasteiger partial charge in [0.05, 0.1) is 18.6 Å². The average Bonchev–Trinajstić information content (AvgIpc) is 3.30. The number of ketones is 1. The number of hydrogen-bond acceptors (Lipinski definition) is 6. The first-order valence-corrected chi connectivity index (χ1v) is 11.8. The molecule has 2 heterocycles. The van der Waals surface area contributed by atoms with Crippen molar-refractivity contribution >= 4 is 23.5 Å². The van der Waals surface area contributed by atoms with Gasteiger partial charge in [0.25, 0.3) is 0 Å². The number of benzene rings is 1. The first kappa shape index (κ1) is 23.4. The molecule has 3 N–H and O–H groups in total. The molecule has 1 aliphatic carbocycles. The van der Waals surface area contributed by atoms with Gasteiger partial charge in [-0.15, -0.1) is 0 Å². The molecule has 0 bridgehead atoms. The van der Waals surface area contributed by atoms with Gasteiger partial charge in [0.15, 0.2) is 5.78 Å². The fraction of sp³-hybridized carbons (Fsp3) is 0.583. The summed E-state index contributed by atoms with van der Waals surface area (Å²) >= 11 is 0.